The summed E-state index contributed by atoms with van der Waals surface area (Å²) in [7, 11) is 3.22. The van der Waals surface area contributed by atoms with E-state index in [1.54, 1.807) is 26.4 Å². The van der Waals surface area contributed by atoms with Gasteiger partial charge in [0.2, 0.25) is 5.91 Å². The highest BCUT2D eigenvalue weighted by molar-refractivity contribution is 6.30. The van der Waals surface area contributed by atoms with Gasteiger partial charge in [0.05, 0.1) is 19.6 Å². The number of amides is 1. The number of methoxy groups -OCH3 is 2. The average Bonchev–Trinajstić information content (AvgIpc) is 3.14. The zero-order valence-electron chi connectivity index (χ0n) is 14.5. The topological polar surface area (TPSA) is 47.6 Å². The number of hydrogen-bond acceptors (Lipinski definition) is 3. The van der Waals surface area contributed by atoms with Gasteiger partial charge in [-0.05, 0) is 54.8 Å². The highest BCUT2D eigenvalue weighted by Crippen LogP contribution is 2.44. The summed E-state index contributed by atoms with van der Waals surface area (Å²) >= 11 is 5.92. The number of hydrogen-bond donors (Lipinski definition) is 1. The van der Waals surface area contributed by atoms with E-state index < -0.39 is 5.41 Å². The number of nitrogens with one attached hydrogen (secondary N) is 1. The van der Waals surface area contributed by atoms with Crippen LogP contribution in [-0.2, 0) is 10.2 Å². The van der Waals surface area contributed by atoms with E-state index in [1.165, 1.54) is 0 Å². The van der Waals surface area contributed by atoms with Gasteiger partial charge in [0.15, 0.2) is 11.5 Å². The average molecular weight is 360 g/mol. The van der Waals surface area contributed by atoms with E-state index in [-0.39, 0.29) is 5.91 Å². The minimum Gasteiger partial charge on any atom is -0.493 e. The van der Waals surface area contributed by atoms with Crippen molar-refractivity contribution < 1.29 is 14.3 Å². The monoisotopic (exact) mass is 359 g/mol. The molecule has 25 heavy (non-hydrogen) atoms. The minimum absolute atomic E-state index is 0.0135. The summed E-state index contributed by atoms with van der Waals surface area (Å²) < 4.78 is 10.7. The van der Waals surface area contributed by atoms with Crippen molar-refractivity contribution in [3.63, 3.8) is 0 Å². The van der Waals surface area contributed by atoms with E-state index in [0.29, 0.717) is 16.5 Å². The lowest BCUT2D eigenvalue weighted by molar-refractivity contribution is -0.121. The van der Waals surface area contributed by atoms with Crippen molar-refractivity contribution in [2.75, 3.05) is 19.5 Å². The second kappa shape index (κ2) is 7.36. The summed E-state index contributed by atoms with van der Waals surface area (Å²) in [5.41, 5.74) is 1.18. The van der Waals surface area contributed by atoms with Crippen LogP contribution in [0.4, 0.5) is 5.69 Å². The smallest absolute Gasteiger partial charge is 0.235 e. The van der Waals surface area contributed by atoms with Crippen LogP contribution in [0.2, 0.25) is 5.02 Å². The maximum Gasteiger partial charge on any atom is 0.235 e. The molecule has 1 saturated carbocycles. The number of anilines is 1. The number of benzene rings is 2. The molecule has 0 unspecified atom stereocenters. The SMILES string of the molecule is COc1ccc(C2(C(=O)Nc3ccc(Cl)cc3)CCCC2)cc1OC. The van der Waals surface area contributed by atoms with Crippen molar-refractivity contribution in [2.45, 2.75) is 31.1 Å². The Morgan fingerprint density at radius 2 is 1.64 bits per heavy atom. The summed E-state index contributed by atoms with van der Waals surface area (Å²) in [6.07, 6.45) is 3.70. The molecule has 0 aromatic heterocycles. The Morgan fingerprint density at radius 3 is 2.24 bits per heavy atom. The van der Waals surface area contributed by atoms with Crippen LogP contribution in [0.1, 0.15) is 31.2 Å². The van der Waals surface area contributed by atoms with Gasteiger partial charge in [0, 0.05) is 10.7 Å². The van der Waals surface area contributed by atoms with Crippen molar-refractivity contribution >= 4 is 23.2 Å². The van der Waals surface area contributed by atoms with Gasteiger partial charge in [-0.1, -0.05) is 30.5 Å². The predicted molar refractivity (Wildman–Crippen MR) is 99.8 cm³/mol. The fraction of sp³-hybridized carbons (Fsp3) is 0.350. The normalized spacial score (nSPS) is 15.6. The van der Waals surface area contributed by atoms with E-state index in [4.69, 9.17) is 21.1 Å². The summed E-state index contributed by atoms with van der Waals surface area (Å²) in [4.78, 5) is 13.2. The number of carbonyl (C=O) groups excluding carboxylic acids is 1. The zero-order valence-corrected chi connectivity index (χ0v) is 15.2. The number of ether oxygens (including phenoxy) is 2. The molecule has 5 heteroatoms. The van der Waals surface area contributed by atoms with E-state index in [1.807, 2.05) is 30.3 Å². The van der Waals surface area contributed by atoms with Crippen LogP contribution in [0.3, 0.4) is 0 Å². The van der Waals surface area contributed by atoms with Crippen molar-refractivity contribution in [3.8, 4) is 11.5 Å². The molecule has 1 amide bonds. The summed E-state index contributed by atoms with van der Waals surface area (Å²) in [5.74, 6) is 1.32. The Balaban J connectivity index is 1.93. The molecule has 1 N–H and O–H groups in total. The first kappa shape index (κ1) is 17.6. The number of halogens is 1. The van der Waals surface area contributed by atoms with Crippen LogP contribution in [-0.4, -0.2) is 20.1 Å². The molecule has 132 valence electrons. The van der Waals surface area contributed by atoms with E-state index in [2.05, 4.69) is 5.32 Å². The molecule has 3 rings (SSSR count). The molecule has 1 fully saturated rings. The fourth-order valence-corrected chi connectivity index (χ4v) is 3.67. The van der Waals surface area contributed by atoms with Crippen LogP contribution >= 0.6 is 11.6 Å². The Bertz CT molecular complexity index is 752. The minimum atomic E-state index is -0.542. The van der Waals surface area contributed by atoms with Crippen LogP contribution in [0.25, 0.3) is 0 Å². The van der Waals surface area contributed by atoms with Crippen molar-refractivity contribution in [3.05, 3.63) is 53.1 Å². The molecule has 1 aliphatic carbocycles. The molecule has 1 aliphatic rings. The molecule has 0 bridgehead atoms. The van der Waals surface area contributed by atoms with Gasteiger partial charge in [0.25, 0.3) is 0 Å². The van der Waals surface area contributed by atoms with Gasteiger partial charge < -0.3 is 14.8 Å². The summed E-state index contributed by atoms with van der Waals surface area (Å²) in [6.45, 7) is 0. The summed E-state index contributed by atoms with van der Waals surface area (Å²) in [6, 6.07) is 12.9. The molecule has 0 radical (unpaired) electrons. The molecular weight excluding hydrogens is 338 g/mol. The van der Waals surface area contributed by atoms with Crippen LogP contribution < -0.4 is 14.8 Å². The summed E-state index contributed by atoms with van der Waals surface area (Å²) in [5, 5.41) is 3.69. The highest BCUT2D eigenvalue weighted by atomic mass is 35.5. The Kier molecular flexibility index (Phi) is 5.19. The number of rotatable bonds is 5. The maximum atomic E-state index is 13.2. The first-order chi connectivity index (χ1) is 12.1. The fourth-order valence-electron chi connectivity index (χ4n) is 3.54. The number of carbonyl (C=O) groups is 1. The van der Waals surface area contributed by atoms with Gasteiger partial charge >= 0.3 is 0 Å². The molecular formula is C20H22ClNO3. The highest BCUT2D eigenvalue weighted by Gasteiger charge is 2.43. The third kappa shape index (κ3) is 3.45. The first-order valence-corrected chi connectivity index (χ1v) is 8.76. The molecule has 0 atom stereocenters. The van der Waals surface area contributed by atoms with E-state index in [0.717, 1.165) is 36.9 Å². The third-order valence-electron chi connectivity index (χ3n) is 4.93. The maximum absolute atomic E-state index is 13.2. The Hall–Kier alpha value is -2.20. The van der Waals surface area contributed by atoms with E-state index in [9.17, 15) is 4.79 Å². The van der Waals surface area contributed by atoms with Gasteiger partial charge in [0.1, 0.15) is 0 Å². The van der Waals surface area contributed by atoms with Gasteiger partial charge in [-0.15, -0.1) is 0 Å². The second-order valence-corrected chi connectivity index (χ2v) is 6.76. The van der Waals surface area contributed by atoms with Crippen molar-refractivity contribution in [1.82, 2.24) is 0 Å². The third-order valence-corrected chi connectivity index (χ3v) is 5.18. The van der Waals surface area contributed by atoms with Crippen LogP contribution in [0.15, 0.2) is 42.5 Å². The van der Waals surface area contributed by atoms with Gasteiger partial charge in [-0.2, -0.15) is 0 Å². The molecule has 0 saturated heterocycles. The van der Waals surface area contributed by atoms with Gasteiger partial charge in [-0.25, -0.2) is 0 Å². The molecule has 2 aromatic rings. The second-order valence-electron chi connectivity index (χ2n) is 6.32. The standard InChI is InChI=1S/C20H22ClNO3/c1-24-17-10-5-14(13-18(17)25-2)20(11-3-4-12-20)19(23)22-16-8-6-15(21)7-9-16/h5-10,13H,3-4,11-12H2,1-2H3,(H,22,23). The van der Waals surface area contributed by atoms with E-state index >= 15 is 0 Å². The molecule has 0 heterocycles. The first-order valence-electron chi connectivity index (χ1n) is 8.38. The predicted octanol–water partition coefficient (Wildman–Crippen LogP) is 4.81. The lowest BCUT2D eigenvalue weighted by Gasteiger charge is -2.29. The largest absolute Gasteiger partial charge is 0.493 e. The van der Waals surface area contributed by atoms with Crippen molar-refractivity contribution in [1.29, 1.82) is 0 Å². The lowest BCUT2D eigenvalue weighted by atomic mass is 9.77. The van der Waals surface area contributed by atoms with Crippen LogP contribution in [0.5, 0.6) is 11.5 Å². The Labute approximate surface area is 153 Å². The quantitative estimate of drug-likeness (QED) is 0.833. The van der Waals surface area contributed by atoms with Crippen LogP contribution in [0, 0.1) is 0 Å². The molecule has 0 spiro atoms. The van der Waals surface area contributed by atoms with Crippen molar-refractivity contribution in [2.24, 2.45) is 0 Å². The molecule has 4 nitrogen and oxygen atoms in total. The Morgan fingerprint density at radius 1 is 1.00 bits per heavy atom. The molecule has 0 aliphatic heterocycles. The zero-order chi connectivity index (χ0) is 17.9. The lowest BCUT2D eigenvalue weighted by Crippen LogP contribution is -2.38. The van der Waals surface area contributed by atoms with Gasteiger partial charge in [-0.3, -0.25) is 4.79 Å². The molecule has 2 aromatic carbocycles.